The molecule has 0 unspecified atom stereocenters. The van der Waals surface area contributed by atoms with E-state index in [0.29, 0.717) is 6.61 Å². The van der Waals surface area contributed by atoms with Gasteiger partial charge in [-0.2, -0.15) is 0 Å². The van der Waals surface area contributed by atoms with Crippen molar-refractivity contribution < 1.29 is 24.1 Å². The number of ether oxygens (including phenoxy) is 4. The average molecular weight is 232 g/mol. The lowest BCUT2D eigenvalue weighted by atomic mass is 10.1. The lowest BCUT2D eigenvalue weighted by Gasteiger charge is -2.23. The van der Waals surface area contributed by atoms with Crippen LogP contribution in [0.4, 0.5) is 0 Å². The maximum Gasteiger partial charge on any atom is 0.164 e. The van der Waals surface area contributed by atoms with Crippen molar-refractivity contribution in [3.63, 3.8) is 0 Å². The summed E-state index contributed by atoms with van der Waals surface area (Å²) in [6, 6.07) is 0. The van der Waals surface area contributed by atoms with Crippen molar-refractivity contribution in [2.75, 3.05) is 13.2 Å². The van der Waals surface area contributed by atoms with Crippen molar-refractivity contribution in [2.24, 2.45) is 0 Å². The van der Waals surface area contributed by atoms with Gasteiger partial charge in [-0.05, 0) is 27.7 Å². The zero-order chi connectivity index (χ0) is 12.0. The molecule has 5 nitrogen and oxygen atoms in total. The van der Waals surface area contributed by atoms with Crippen molar-refractivity contribution >= 4 is 0 Å². The minimum absolute atomic E-state index is 0.0750. The smallest absolute Gasteiger partial charge is 0.164 e. The second-order valence-electron chi connectivity index (χ2n) is 5.19. The third-order valence-electron chi connectivity index (χ3n) is 2.80. The second kappa shape index (κ2) is 3.92. The molecule has 2 heterocycles. The van der Waals surface area contributed by atoms with E-state index in [2.05, 4.69) is 0 Å². The topological polar surface area (TPSA) is 57.2 Å². The van der Waals surface area contributed by atoms with Crippen LogP contribution in [0.1, 0.15) is 27.7 Å². The molecule has 2 aliphatic rings. The lowest BCUT2D eigenvalue weighted by molar-refractivity contribution is -0.175. The predicted octanol–water partition coefficient (Wildman–Crippen LogP) is 0.650. The molecule has 16 heavy (non-hydrogen) atoms. The Morgan fingerprint density at radius 2 is 1.75 bits per heavy atom. The van der Waals surface area contributed by atoms with E-state index in [1.807, 2.05) is 27.7 Å². The molecule has 2 aliphatic heterocycles. The molecule has 0 aromatic rings. The predicted molar refractivity (Wildman–Crippen MR) is 55.8 cm³/mol. The molecular weight excluding hydrogens is 212 g/mol. The monoisotopic (exact) mass is 232 g/mol. The summed E-state index contributed by atoms with van der Waals surface area (Å²) in [5.41, 5.74) is 0. The number of hydrogen-bond donors (Lipinski definition) is 1. The highest BCUT2D eigenvalue weighted by Gasteiger charge is 2.49. The van der Waals surface area contributed by atoms with Crippen LogP contribution in [0.25, 0.3) is 0 Å². The van der Waals surface area contributed by atoms with E-state index in [9.17, 15) is 5.11 Å². The first kappa shape index (κ1) is 12.3. The molecule has 5 heteroatoms. The van der Waals surface area contributed by atoms with Gasteiger partial charge in [-0.3, -0.25) is 0 Å². The fraction of sp³-hybridized carbons (Fsp3) is 1.00. The Bertz CT molecular complexity index is 263. The number of rotatable bonds is 2. The molecule has 2 fully saturated rings. The van der Waals surface area contributed by atoms with Crippen molar-refractivity contribution in [3.05, 3.63) is 0 Å². The Morgan fingerprint density at radius 3 is 2.25 bits per heavy atom. The van der Waals surface area contributed by atoms with E-state index in [1.54, 1.807) is 0 Å². The molecule has 1 N–H and O–H groups in total. The Hall–Kier alpha value is -0.200. The highest BCUT2D eigenvalue weighted by molar-refractivity contribution is 4.90. The van der Waals surface area contributed by atoms with Gasteiger partial charge in [0.15, 0.2) is 11.6 Å². The quantitative estimate of drug-likeness (QED) is 0.757. The highest BCUT2D eigenvalue weighted by Crippen LogP contribution is 2.35. The van der Waals surface area contributed by atoms with E-state index in [0.717, 1.165) is 0 Å². The normalized spacial score (nSPS) is 41.4. The van der Waals surface area contributed by atoms with Crippen LogP contribution in [-0.2, 0) is 18.9 Å². The molecule has 2 saturated heterocycles. The van der Waals surface area contributed by atoms with Crippen LogP contribution in [0, 0.1) is 0 Å². The summed E-state index contributed by atoms with van der Waals surface area (Å²) >= 11 is 0. The summed E-state index contributed by atoms with van der Waals surface area (Å²) in [7, 11) is 0. The number of aliphatic hydroxyl groups is 1. The summed E-state index contributed by atoms with van der Waals surface area (Å²) < 4.78 is 22.5. The van der Waals surface area contributed by atoms with Crippen molar-refractivity contribution in [1.29, 1.82) is 0 Å². The SMILES string of the molecule is CC1(C)OC[C@H]([C@@H]2OC(C)(C)O[C@@H]2CO)O1. The van der Waals surface area contributed by atoms with Gasteiger partial charge in [-0.25, -0.2) is 0 Å². The van der Waals surface area contributed by atoms with Crippen LogP contribution in [0.5, 0.6) is 0 Å². The first-order valence-corrected chi connectivity index (χ1v) is 5.61. The standard InChI is InChI=1S/C11H20O5/c1-10(2)13-6-8(15-10)9-7(5-12)14-11(3,4)16-9/h7-9,12H,5-6H2,1-4H3/t7-,8-,9-/m1/s1. The maximum absolute atomic E-state index is 9.26. The average Bonchev–Trinajstić information content (AvgIpc) is 2.65. The van der Waals surface area contributed by atoms with Crippen LogP contribution in [0.3, 0.4) is 0 Å². The van der Waals surface area contributed by atoms with Gasteiger partial charge in [0.1, 0.15) is 18.3 Å². The number of hydrogen-bond acceptors (Lipinski definition) is 5. The minimum atomic E-state index is -0.672. The van der Waals surface area contributed by atoms with E-state index >= 15 is 0 Å². The summed E-state index contributed by atoms with van der Waals surface area (Å²) in [5, 5.41) is 9.26. The minimum Gasteiger partial charge on any atom is -0.394 e. The number of aliphatic hydroxyl groups excluding tert-OH is 1. The van der Waals surface area contributed by atoms with Crippen LogP contribution in [0.2, 0.25) is 0 Å². The molecule has 0 amide bonds. The fourth-order valence-corrected chi connectivity index (χ4v) is 2.20. The first-order chi connectivity index (χ1) is 7.33. The third-order valence-corrected chi connectivity index (χ3v) is 2.80. The van der Waals surface area contributed by atoms with Gasteiger partial charge in [0.2, 0.25) is 0 Å². The summed E-state index contributed by atoms with van der Waals surface area (Å²) in [4.78, 5) is 0. The Kier molecular flexibility index (Phi) is 3.01. The van der Waals surface area contributed by atoms with Gasteiger partial charge >= 0.3 is 0 Å². The van der Waals surface area contributed by atoms with Gasteiger partial charge in [-0.15, -0.1) is 0 Å². The molecule has 3 atom stereocenters. The van der Waals surface area contributed by atoms with Crippen molar-refractivity contribution in [3.8, 4) is 0 Å². The second-order valence-corrected chi connectivity index (χ2v) is 5.19. The Balaban J connectivity index is 2.04. The third kappa shape index (κ3) is 2.38. The molecule has 2 rings (SSSR count). The van der Waals surface area contributed by atoms with Crippen molar-refractivity contribution in [2.45, 2.75) is 57.6 Å². The molecule has 0 aromatic heterocycles. The van der Waals surface area contributed by atoms with E-state index in [4.69, 9.17) is 18.9 Å². The Labute approximate surface area is 95.6 Å². The highest BCUT2D eigenvalue weighted by atomic mass is 16.8. The van der Waals surface area contributed by atoms with Gasteiger partial charge in [0.25, 0.3) is 0 Å². The van der Waals surface area contributed by atoms with Gasteiger partial charge in [0.05, 0.1) is 13.2 Å². The molecule has 0 radical (unpaired) electrons. The van der Waals surface area contributed by atoms with Crippen LogP contribution in [0.15, 0.2) is 0 Å². The largest absolute Gasteiger partial charge is 0.394 e. The molecule has 0 saturated carbocycles. The summed E-state index contributed by atoms with van der Waals surface area (Å²) in [5.74, 6) is -1.26. The Morgan fingerprint density at radius 1 is 1.06 bits per heavy atom. The van der Waals surface area contributed by atoms with Gasteiger partial charge in [0, 0.05) is 0 Å². The summed E-state index contributed by atoms with van der Waals surface area (Å²) in [6.45, 7) is 7.78. The van der Waals surface area contributed by atoms with Gasteiger partial charge < -0.3 is 24.1 Å². The molecular formula is C11H20O5. The molecule has 0 bridgehead atoms. The van der Waals surface area contributed by atoms with E-state index in [1.165, 1.54) is 0 Å². The lowest BCUT2D eigenvalue weighted by Crippen LogP contribution is -2.39. The van der Waals surface area contributed by atoms with Crippen molar-refractivity contribution in [1.82, 2.24) is 0 Å². The maximum atomic E-state index is 9.26. The van der Waals surface area contributed by atoms with E-state index in [-0.39, 0.29) is 24.9 Å². The van der Waals surface area contributed by atoms with Crippen LogP contribution < -0.4 is 0 Å². The fourth-order valence-electron chi connectivity index (χ4n) is 2.20. The molecule has 0 spiro atoms. The first-order valence-electron chi connectivity index (χ1n) is 5.61. The zero-order valence-electron chi connectivity index (χ0n) is 10.2. The van der Waals surface area contributed by atoms with Crippen LogP contribution in [-0.4, -0.2) is 48.2 Å². The van der Waals surface area contributed by atoms with Crippen LogP contribution >= 0.6 is 0 Å². The molecule has 0 aromatic carbocycles. The van der Waals surface area contributed by atoms with Gasteiger partial charge in [-0.1, -0.05) is 0 Å². The molecule has 0 aliphatic carbocycles. The molecule has 94 valence electrons. The zero-order valence-corrected chi connectivity index (χ0v) is 10.2. The summed E-state index contributed by atoms with van der Waals surface area (Å²) in [6.07, 6.45) is -0.812. The van der Waals surface area contributed by atoms with E-state index < -0.39 is 11.6 Å².